The molecule has 1 rings (SSSR count). The molecular formula is C15H24N2O. The molecule has 0 unspecified atom stereocenters. The van der Waals surface area contributed by atoms with E-state index in [1.54, 1.807) is 0 Å². The Morgan fingerprint density at radius 1 is 1.28 bits per heavy atom. The third-order valence-electron chi connectivity index (χ3n) is 3.29. The molecule has 2 N–H and O–H groups in total. The summed E-state index contributed by atoms with van der Waals surface area (Å²) in [6.45, 7) is 9.02. The zero-order valence-corrected chi connectivity index (χ0v) is 11.8. The minimum atomic E-state index is -0.0372. The van der Waals surface area contributed by atoms with Gasteiger partial charge in [-0.15, -0.1) is 0 Å². The van der Waals surface area contributed by atoms with Crippen molar-refractivity contribution in [3.8, 4) is 0 Å². The van der Waals surface area contributed by atoms with Gasteiger partial charge in [0, 0.05) is 24.8 Å². The largest absolute Gasteiger partial charge is 0.384 e. The van der Waals surface area contributed by atoms with Crippen molar-refractivity contribution in [3.63, 3.8) is 0 Å². The van der Waals surface area contributed by atoms with Crippen molar-refractivity contribution in [1.82, 2.24) is 0 Å². The molecule has 3 nitrogen and oxygen atoms in total. The first-order valence-corrected chi connectivity index (χ1v) is 6.68. The van der Waals surface area contributed by atoms with Crippen molar-refractivity contribution in [2.24, 2.45) is 5.92 Å². The highest BCUT2D eigenvalue weighted by Crippen LogP contribution is 2.21. The van der Waals surface area contributed by atoms with E-state index in [9.17, 15) is 4.79 Å². The number of benzene rings is 1. The van der Waals surface area contributed by atoms with Crippen LogP contribution in [0.1, 0.15) is 39.2 Å². The van der Waals surface area contributed by atoms with Crippen LogP contribution in [-0.2, 0) is 4.79 Å². The molecular weight excluding hydrogens is 224 g/mol. The topological polar surface area (TPSA) is 41.1 Å². The number of hydrogen-bond acceptors (Lipinski definition) is 2. The van der Waals surface area contributed by atoms with E-state index in [0.717, 1.165) is 17.9 Å². The van der Waals surface area contributed by atoms with Gasteiger partial charge in [-0.25, -0.2) is 0 Å². The lowest BCUT2D eigenvalue weighted by Crippen LogP contribution is -2.14. The normalized spacial score (nSPS) is 10.5. The number of rotatable bonds is 6. The van der Waals surface area contributed by atoms with Crippen molar-refractivity contribution in [3.05, 3.63) is 23.8 Å². The first kappa shape index (κ1) is 14.6. The summed E-state index contributed by atoms with van der Waals surface area (Å²) in [6, 6.07) is 5.96. The molecule has 0 fully saturated rings. The minimum Gasteiger partial charge on any atom is -0.384 e. The lowest BCUT2D eigenvalue weighted by Gasteiger charge is -2.16. The molecule has 0 aliphatic carbocycles. The van der Waals surface area contributed by atoms with Crippen LogP contribution in [-0.4, -0.2) is 12.5 Å². The quantitative estimate of drug-likeness (QED) is 0.804. The van der Waals surface area contributed by atoms with E-state index < -0.39 is 0 Å². The molecule has 0 bridgehead atoms. The molecule has 1 amide bonds. The summed E-state index contributed by atoms with van der Waals surface area (Å²) in [5, 5.41) is 6.29. The zero-order chi connectivity index (χ0) is 13.5. The van der Waals surface area contributed by atoms with E-state index in [-0.39, 0.29) is 5.91 Å². The van der Waals surface area contributed by atoms with Gasteiger partial charge in [0.25, 0.3) is 0 Å². The monoisotopic (exact) mass is 248 g/mol. The highest BCUT2D eigenvalue weighted by molar-refractivity contribution is 5.89. The molecule has 0 heterocycles. The third kappa shape index (κ3) is 4.40. The molecule has 0 saturated carbocycles. The number of hydrogen-bond donors (Lipinski definition) is 2. The maximum absolute atomic E-state index is 11.0. The van der Waals surface area contributed by atoms with Crippen LogP contribution < -0.4 is 10.6 Å². The van der Waals surface area contributed by atoms with Crippen LogP contribution in [0.15, 0.2) is 18.2 Å². The van der Waals surface area contributed by atoms with Crippen LogP contribution in [0, 0.1) is 12.8 Å². The summed E-state index contributed by atoms with van der Waals surface area (Å²) in [4.78, 5) is 11.0. The smallest absolute Gasteiger partial charge is 0.221 e. The van der Waals surface area contributed by atoms with E-state index in [1.807, 2.05) is 18.2 Å². The molecule has 1 aromatic rings. The number of anilines is 2. The molecule has 0 radical (unpaired) electrons. The highest BCUT2D eigenvalue weighted by atomic mass is 16.1. The fourth-order valence-corrected chi connectivity index (χ4v) is 1.93. The van der Waals surface area contributed by atoms with Gasteiger partial charge in [0.15, 0.2) is 0 Å². The Labute approximate surface area is 110 Å². The van der Waals surface area contributed by atoms with Crippen LogP contribution in [0.5, 0.6) is 0 Å². The minimum absolute atomic E-state index is 0.0372. The summed E-state index contributed by atoms with van der Waals surface area (Å²) in [6.07, 6.45) is 2.38. The maximum Gasteiger partial charge on any atom is 0.221 e. The number of nitrogens with one attached hydrogen (secondary N) is 2. The Morgan fingerprint density at radius 3 is 2.50 bits per heavy atom. The lowest BCUT2D eigenvalue weighted by atomic mass is 10.0. The molecule has 18 heavy (non-hydrogen) atoms. The second-order valence-corrected chi connectivity index (χ2v) is 4.77. The van der Waals surface area contributed by atoms with Gasteiger partial charge in [0.2, 0.25) is 5.91 Å². The van der Waals surface area contributed by atoms with Crippen molar-refractivity contribution in [1.29, 1.82) is 0 Å². The third-order valence-corrected chi connectivity index (χ3v) is 3.29. The van der Waals surface area contributed by atoms with E-state index in [1.165, 1.54) is 25.3 Å². The van der Waals surface area contributed by atoms with Crippen molar-refractivity contribution >= 4 is 17.3 Å². The SMILES string of the molecule is CCC(CC)CNc1cc(NC(C)=O)ccc1C. The summed E-state index contributed by atoms with van der Waals surface area (Å²) in [5.41, 5.74) is 3.16. The van der Waals surface area contributed by atoms with Crippen molar-refractivity contribution in [2.75, 3.05) is 17.2 Å². The second-order valence-electron chi connectivity index (χ2n) is 4.77. The Bertz CT molecular complexity index is 397. The lowest BCUT2D eigenvalue weighted by molar-refractivity contribution is -0.114. The van der Waals surface area contributed by atoms with Gasteiger partial charge in [-0.2, -0.15) is 0 Å². The van der Waals surface area contributed by atoms with E-state index in [0.29, 0.717) is 5.92 Å². The summed E-state index contributed by atoms with van der Waals surface area (Å²) in [7, 11) is 0. The van der Waals surface area contributed by atoms with Gasteiger partial charge < -0.3 is 10.6 Å². The molecule has 3 heteroatoms. The number of aryl methyl sites for hydroxylation is 1. The fourth-order valence-electron chi connectivity index (χ4n) is 1.93. The molecule has 0 saturated heterocycles. The molecule has 0 atom stereocenters. The molecule has 0 aromatic heterocycles. The average molecular weight is 248 g/mol. The van der Waals surface area contributed by atoms with Gasteiger partial charge in [0.1, 0.15) is 0 Å². The Kier molecular flexibility index (Phi) is 5.69. The van der Waals surface area contributed by atoms with Crippen LogP contribution >= 0.6 is 0 Å². The van der Waals surface area contributed by atoms with Gasteiger partial charge >= 0.3 is 0 Å². The summed E-state index contributed by atoms with van der Waals surface area (Å²) in [5.74, 6) is 0.665. The highest BCUT2D eigenvalue weighted by Gasteiger charge is 2.05. The van der Waals surface area contributed by atoms with E-state index in [2.05, 4.69) is 31.4 Å². The predicted octanol–water partition coefficient (Wildman–Crippen LogP) is 3.80. The van der Waals surface area contributed by atoms with Crippen LogP contribution in [0.25, 0.3) is 0 Å². The molecule has 100 valence electrons. The number of carbonyl (C=O) groups is 1. The van der Waals surface area contributed by atoms with Gasteiger partial charge in [-0.1, -0.05) is 32.8 Å². The summed E-state index contributed by atoms with van der Waals surface area (Å²) < 4.78 is 0. The first-order chi connectivity index (χ1) is 8.56. The van der Waals surface area contributed by atoms with Gasteiger partial charge in [-0.3, -0.25) is 4.79 Å². The molecule has 0 aliphatic heterocycles. The Balaban J connectivity index is 2.71. The van der Waals surface area contributed by atoms with Gasteiger partial charge in [-0.05, 0) is 30.5 Å². The molecule has 0 spiro atoms. The molecule has 0 aliphatic rings. The Hall–Kier alpha value is -1.51. The standard InChI is InChI=1S/C15H24N2O/c1-5-13(6-2)10-16-15-9-14(17-12(4)18)8-7-11(15)3/h7-9,13,16H,5-6,10H2,1-4H3,(H,17,18). The van der Waals surface area contributed by atoms with Crippen LogP contribution in [0.2, 0.25) is 0 Å². The van der Waals surface area contributed by atoms with Crippen molar-refractivity contribution < 1.29 is 4.79 Å². The van der Waals surface area contributed by atoms with Crippen LogP contribution in [0.3, 0.4) is 0 Å². The van der Waals surface area contributed by atoms with E-state index in [4.69, 9.17) is 0 Å². The number of carbonyl (C=O) groups excluding carboxylic acids is 1. The number of amides is 1. The second kappa shape index (κ2) is 7.04. The summed E-state index contributed by atoms with van der Waals surface area (Å²) >= 11 is 0. The van der Waals surface area contributed by atoms with E-state index >= 15 is 0 Å². The van der Waals surface area contributed by atoms with Gasteiger partial charge in [0.05, 0.1) is 0 Å². The zero-order valence-electron chi connectivity index (χ0n) is 11.8. The predicted molar refractivity (Wildman–Crippen MR) is 78.0 cm³/mol. The Morgan fingerprint density at radius 2 is 1.94 bits per heavy atom. The fraction of sp³-hybridized carbons (Fsp3) is 0.533. The molecule has 1 aromatic carbocycles. The average Bonchev–Trinajstić information content (AvgIpc) is 2.33. The maximum atomic E-state index is 11.0. The first-order valence-electron chi connectivity index (χ1n) is 6.68. The van der Waals surface area contributed by atoms with Crippen molar-refractivity contribution in [2.45, 2.75) is 40.5 Å². The van der Waals surface area contributed by atoms with Crippen LogP contribution in [0.4, 0.5) is 11.4 Å².